The first-order valence-electron chi connectivity index (χ1n) is 5.51. The van der Waals surface area contributed by atoms with E-state index >= 15 is 0 Å². The van der Waals surface area contributed by atoms with Gasteiger partial charge in [-0.1, -0.05) is 0 Å². The van der Waals surface area contributed by atoms with E-state index in [2.05, 4.69) is 20.3 Å². The minimum atomic E-state index is -0.383. The molecule has 0 aliphatic carbocycles. The van der Waals surface area contributed by atoms with Crippen molar-refractivity contribution in [2.75, 3.05) is 5.32 Å². The molecule has 5 nitrogen and oxygen atoms in total. The number of halogens is 1. The number of amides is 1. The smallest absolute Gasteiger partial charge is 0.255 e. The molecule has 1 aromatic heterocycles. The molecule has 0 fully saturated rings. The number of hydrogen-bond donors (Lipinski definition) is 1. The van der Waals surface area contributed by atoms with Gasteiger partial charge in [-0.15, -0.1) is 0 Å². The number of anilines is 1. The van der Waals surface area contributed by atoms with E-state index in [4.69, 9.17) is 0 Å². The van der Waals surface area contributed by atoms with Crippen molar-refractivity contribution < 1.29 is 13.8 Å². The molecule has 0 saturated heterocycles. The standard InChI is InChI=1S/C13H8FN3O2/c14-9-3-1-8(2-4-9)13(18)15-10-5-6-11-12(7-10)17-19-16-11/h1-7H,(H,15,18). The third-order valence-electron chi connectivity index (χ3n) is 2.62. The maximum atomic E-state index is 12.8. The summed E-state index contributed by atoms with van der Waals surface area (Å²) in [6, 6.07) is 10.3. The van der Waals surface area contributed by atoms with Crippen molar-refractivity contribution in [3.8, 4) is 0 Å². The van der Waals surface area contributed by atoms with Gasteiger partial charge < -0.3 is 5.32 Å². The molecule has 1 N–H and O–H groups in total. The number of benzene rings is 2. The van der Waals surface area contributed by atoms with Gasteiger partial charge >= 0.3 is 0 Å². The van der Waals surface area contributed by atoms with Crippen LogP contribution in [0.4, 0.5) is 10.1 Å². The number of nitrogens with zero attached hydrogens (tertiary/aromatic N) is 2. The Balaban J connectivity index is 1.83. The second kappa shape index (κ2) is 4.49. The Hall–Kier alpha value is -2.76. The molecular weight excluding hydrogens is 249 g/mol. The maximum absolute atomic E-state index is 12.8. The van der Waals surface area contributed by atoms with Gasteiger partial charge in [0.2, 0.25) is 0 Å². The molecule has 3 aromatic rings. The first kappa shape index (κ1) is 11.3. The second-order valence-corrected chi connectivity index (χ2v) is 3.93. The van der Waals surface area contributed by atoms with E-state index in [-0.39, 0.29) is 11.7 Å². The number of rotatable bonds is 2. The Morgan fingerprint density at radius 3 is 2.58 bits per heavy atom. The van der Waals surface area contributed by atoms with Gasteiger partial charge in [0, 0.05) is 11.3 Å². The van der Waals surface area contributed by atoms with Crippen molar-refractivity contribution in [1.82, 2.24) is 10.3 Å². The highest BCUT2D eigenvalue weighted by molar-refractivity contribution is 6.04. The molecule has 1 heterocycles. The Kier molecular flexibility index (Phi) is 2.68. The zero-order valence-electron chi connectivity index (χ0n) is 9.63. The summed E-state index contributed by atoms with van der Waals surface area (Å²) in [4.78, 5) is 11.9. The summed E-state index contributed by atoms with van der Waals surface area (Å²) in [5.41, 5.74) is 2.11. The molecule has 0 atom stereocenters. The van der Waals surface area contributed by atoms with E-state index in [1.807, 2.05) is 0 Å². The van der Waals surface area contributed by atoms with Crippen molar-refractivity contribution in [3.63, 3.8) is 0 Å². The van der Waals surface area contributed by atoms with Crippen LogP contribution in [0.15, 0.2) is 47.1 Å². The summed E-state index contributed by atoms with van der Waals surface area (Å²) < 4.78 is 17.3. The van der Waals surface area contributed by atoms with Crippen LogP contribution in [0.1, 0.15) is 10.4 Å². The molecular formula is C13H8FN3O2. The molecule has 19 heavy (non-hydrogen) atoms. The van der Waals surface area contributed by atoms with Gasteiger partial charge in [-0.3, -0.25) is 4.79 Å². The first-order chi connectivity index (χ1) is 9.22. The molecule has 0 spiro atoms. The monoisotopic (exact) mass is 257 g/mol. The van der Waals surface area contributed by atoms with Crippen LogP contribution in [0, 0.1) is 5.82 Å². The lowest BCUT2D eigenvalue weighted by atomic mass is 10.2. The minimum Gasteiger partial charge on any atom is -0.322 e. The van der Waals surface area contributed by atoms with Gasteiger partial charge in [0.25, 0.3) is 5.91 Å². The van der Waals surface area contributed by atoms with Crippen LogP contribution in [-0.4, -0.2) is 16.2 Å². The van der Waals surface area contributed by atoms with Crippen LogP contribution in [0.2, 0.25) is 0 Å². The molecule has 0 unspecified atom stereocenters. The summed E-state index contributed by atoms with van der Waals surface area (Å²) >= 11 is 0. The highest BCUT2D eigenvalue weighted by Gasteiger charge is 2.07. The van der Waals surface area contributed by atoms with Crippen LogP contribution in [0.3, 0.4) is 0 Å². The van der Waals surface area contributed by atoms with Crippen molar-refractivity contribution in [2.45, 2.75) is 0 Å². The van der Waals surface area contributed by atoms with Gasteiger partial charge in [-0.25, -0.2) is 9.02 Å². The van der Waals surface area contributed by atoms with Crippen molar-refractivity contribution in [1.29, 1.82) is 0 Å². The quantitative estimate of drug-likeness (QED) is 0.766. The highest BCUT2D eigenvalue weighted by atomic mass is 19.1. The Bertz CT molecular complexity index is 737. The van der Waals surface area contributed by atoms with Crippen molar-refractivity contribution in [2.24, 2.45) is 0 Å². The van der Waals surface area contributed by atoms with E-state index < -0.39 is 0 Å². The molecule has 0 radical (unpaired) electrons. The van der Waals surface area contributed by atoms with Gasteiger partial charge in [-0.05, 0) is 52.8 Å². The first-order valence-corrected chi connectivity index (χ1v) is 5.51. The van der Waals surface area contributed by atoms with Crippen molar-refractivity contribution in [3.05, 3.63) is 53.8 Å². The normalized spacial score (nSPS) is 10.6. The van der Waals surface area contributed by atoms with Crippen molar-refractivity contribution >= 4 is 22.6 Å². The Morgan fingerprint density at radius 2 is 1.79 bits per heavy atom. The van der Waals surface area contributed by atoms with Gasteiger partial charge in [-0.2, -0.15) is 0 Å². The number of aromatic nitrogens is 2. The number of nitrogens with one attached hydrogen (secondary N) is 1. The molecule has 2 aromatic carbocycles. The fourth-order valence-electron chi connectivity index (χ4n) is 1.66. The van der Waals surface area contributed by atoms with Crippen LogP contribution in [0.5, 0.6) is 0 Å². The summed E-state index contributed by atoms with van der Waals surface area (Å²) in [7, 11) is 0. The number of carbonyl (C=O) groups excluding carboxylic acids is 1. The number of fused-ring (bicyclic) bond motifs is 1. The molecule has 0 aliphatic heterocycles. The molecule has 0 bridgehead atoms. The molecule has 0 aliphatic rings. The predicted octanol–water partition coefficient (Wildman–Crippen LogP) is 2.61. The maximum Gasteiger partial charge on any atom is 0.255 e. The number of carbonyl (C=O) groups is 1. The van der Waals surface area contributed by atoms with Gasteiger partial charge in [0.15, 0.2) is 0 Å². The van der Waals surface area contributed by atoms with Crippen LogP contribution in [-0.2, 0) is 0 Å². The molecule has 6 heteroatoms. The van der Waals surface area contributed by atoms with Gasteiger partial charge in [0.1, 0.15) is 16.9 Å². The van der Waals surface area contributed by atoms with E-state index in [1.54, 1.807) is 18.2 Å². The van der Waals surface area contributed by atoms with Crippen LogP contribution < -0.4 is 5.32 Å². The molecule has 1 amide bonds. The largest absolute Gasteiger partial charge is 0.322 e. The van der Waals surface area contributed by atoms with E-state index in [9.17, 15) is 9.18 Å². The minimum absolute atomic E-state index is 0.323. The summed E-state index contributed by atoms with van der Waals surface area (Å²) in [6.07, 6.45) is 0. The zero-order valence-corrected chi connectivity index (χ0v) is 9.63. The zero-order chi connectivity index (χ0) is 13.2. The molecule has 3 rings (SSSR count). The predicted molar refractivity (Wildman–Crippen MR) is 66.2 cm³/mol. The number of hydrogen-bond acceptors (Lipinski definition) is 4. The lowest BCUT2D eigenvalue weighted by Gasteiger charge is -2.04. The lowest BCUT2D eigenvalue weighted by molar-refractivity contribution is 0.102. The molecule has 0 saturated carbocycles. The fraction of sp³-hybridized carbons (Fsp3) is 0. The average molecular weight is 257 g/mol. The highest BCUT2D eigenvalue weighted by Crippen LogP contribution is 2.16. The van der Waals surface area contributed by atoms with Crippen LogP contribution >= 0.6 is 0 Å². The fourth-order valence-corrected chi connectivity index (χ4v) is 1.66. The summed E-state index contributed by atoms with van der Waals surface area (Å²) in [5.74, 6) is -0.706. The Labute approximate surface area is 107 Å². The second-order valence-electron chi connectivity index (χ2n) is 3.93. The van der Waals surface area contributed by atoms with Crippen LogP contribution in [0.25, 0.3) is 11.0 Å². The summed E-state index contributed by atoms with van der Waals surface area (Å²) in [6.45, 7) is 0. The summed E-state index contributed by atoms with van der Waals surface area (Å²) in [5, 5.41) is 10.0. The molecule has 94 valence electrons. The average Bonchev–Trinajstić information content (AvgIpc) is 2.87. The SMILES string of the molecule is O=C(Nc1ccc2nonc2c1)c1ccc(F)cc1. The third-order valence-corrected chi connectivity index (χ3v) is 2.62. The van der Waals surface area contributed by atoms with E-state index in [0.717, 1.165) is 0 Å². The third kappa shape index (κ3) is 2.28. The van der Waals surface area contributed by atoms with Gasteiger partial charge in [0.05, 0.1) is 0 Å². The van der Waals surface area contributed by atoms with E-state index in [1.165, 1.54) is 24.3 Å². The Morgan fingerprint density at radius 1 is 1.05 bits per heavy atom. The van der Waals surface area contributed by atoms with E-state index in [0.29, 0.717) is 22.3 Å². The lowest BCUT2D eigenvalue weighted by Crippen LogP contribution is -2.11. The topological polar surface area (TPSA) is 68.0 Å².